The number of fused-ring (bicyclic) bond motifs is 1. The second kappa shape index (κ2) is 7.12. The van der Waals surface area contributed by atoms with E-state index in [9.17, 15) is 14.0 Å². The van der Waals surface area contributed by atoms with Crippen LogP contribution in [0.25, 0.3) is 0 Å². The molecule has 0 fully saturated rings. The molecule has 0 aliphatic carbocycles. The molecule has 1 aliphatic heterocycles. The average Bonchev–Trinajstić information content (AvgIpc) is 3.06. The van der Waals surface area contributed by atoms with Crippen LogP contribution < -0.4 is 9.47 Å². The second-order valence-corrected chi connectivity index (χ2v) is 5.24. The summed E-state index contributed by atoms with van der Waals surface area (Å²) in [4.78, 5) is 23.9. The lowest BCUT2D eigenvalue weighted by molar-refractivity contribution is 0.0493. The van der Waals surface area contributed by atoms with E-state index in [0.29, 0.717) is 29.0 Å². The van der Waals surface area contributed by atoms with Crippen LogP contribution in [0.4, 0.5) is 4.39 Å². The summed E-state index contributed by atoms with van der Waals surface area (Å²) in [5.74, 6) is 0.119. The fourth-order valence-corrected chi connectivity index (χ4v) is 2.28. The molecule has 0 radical (unpaired) electrons. The van der Waals surface area contributed by atoms with Crippen molar-refractivity contribution in [1.82, 2.24) is 0 Å². The molecule has 124 valence electrons. The first-order valence-electron chi connectivity index (χ1n) is 7.49. The van der Waals surface area contributed by atoms with Crippen molar-refractivity contribution in [3.05, 3.63) is 59.4 Å². The summed E-state index contributed by atoms with van der Waals surface area (Å²) < 4.78 is 28.3. The first-order valence-corrected chi connectivity index (χ1v) is 7.49. The van der Waals surface area contributed by atoms with Gasteiger partial charge in [0, 0.05) is 12.0 Å². The molecule has 0 saturated carbocycles. The predicted molar refractivity (Wildman–Crippen MR) is 82.8 cm³/mol. The molecule has 0 amide bonds. The number of hydrogen-bond acceptors (Lipinski definition) is 5. The van der Waals surface area contributed by atoms with Gasteiger partial charge in [0.2, 0.25) is 6.79 Å². The van der Waals surface area contributed by atoms with Crippen LogP contribution in [0.1, 0.15) is 33.6 Å². The Hall–Kier alpha value is -2.89. The SMILES string of the molecule is O=C(CCCOC(=O)c1ccc2c(c1)OCO2)c1ccc(F)cc1. The van der Waals surface area contributed by atoms with Gasteiger partial charge in [0.05, 0.1) is 12.2 Å². The molecule has 0 N–H and O–H groups in total. The number of Topliss-reactive ketones (excluding diaryl/α,β-unsaturated/α-hetero) is 1. The van der Waals surface area contributed by atoms with E-state index in [1.807, 2.05) is 0 Å². The van der Waals surface area contributed by atoms with Crippen molar-refractivity contribution in [2.24, 2.45) is 0 Å². The monoisotopic (exact) mass is 330 g/mol. The van der Waals surface area contributed by atoms with E-state index in [1.54, 1.807) is 18.2 Å². The van der Waals surface area contributed by atoms with Crippen molar-refractivity contribution in [2.75, 3.05) is 13.4 Å². The van der Waals surface area contributed by atoms with Crippen LogP contribution in [-0.2, 0) is 4.74 Å². The van der Waals surface area contributed by atoms with Gasteiger partial charge in [-0.3, -0.25) is 4.79 Å². The highest BCUT2D eigenvalue weighted by Crippen LogP contribution is 2.32. The number of rotatable bonds is 6. The van der Waals surface area contributed by atoms with Gasteiger partial charge >= 0.3 is 5.97 Å². The van der Waals surface area contributed by atoms with E-state index >= 15 is 0 Å². The third-order valence-corrected chi connectivity index (χ3v) is 3.56. The number of halogens is 1. The van der Waals surface area contributed by atoms with Gasteiger partial charge in [-0.25, -0.2) is 9.18 Å². The summed E-state index contributed by atoms with van der Waals surface area (Å²) >= 11 is 0. The fraction of sp³-hybridized carbons (Fsp3) is 0.222. The van der Waals surface area contributed by atoms with Gasteiger partial charge in [0.15, 0.2) is 17.3 Å². The van der Waals surface area contributed by atoms with Gasteiger partial charge in [-0.05, 0) is 48.9 Å². The molecule has 0 aromatic heterocycles. The van der Waals surface area contributed by atoms with Crippen molar-refractivity contribution in [3.8, 4) is 11.5 Å². The number of hydrogen-bond donors (Lipinski definition) is 0. The maximum Gasteiger partial charge on any atom is 0.338 e. The molecular formula is C18H15FO5. The maximum absolute atomic E-state index is 12.8. The summed E-state index contributed by atoms with van der Waals surface area (Å²) in [5, 5.41) is 0. The van der Waals surface area contributed by atoms with Gasteiger partial charge in [0.25, 0.3) is 0 Å². The van der Waals surface area contributed by atoms with E-state index in [2.05, 4.69) is 0 Å². The van der Waals surface area contributed by atoms with Crippen molar-refractivity contribution in [3.63, 3.8) is 0 Å². The standard InChI is InChI=1S/C18H15FO5/c19-14-6-3-12(4-7-14)15(20)2-1-9-22-18(21)13-5-8-16-17(10-13)24-11-23-16/h3-8,10H,1-2,9,11H2. The summed E-state index contributed by atoms with van der Waals surface area (Å²) in [7, 11) is 0. The minimum absolute atomic E-state index is 0.117. The highest BCUT2D eigenvalue weighted by atomic mass is 19.1. The Balaban J connectivity index is 1.45. The number of benzene rings is 2. The summed E-state index contributed by atoms with van der Waals surface area (Å²) in [6.45, 7) is 0.263. The van der Waals surface area contributed by atoms with Crippen LogP contribution in [0.15, 0.2) is 42.5 Å². The Labute approximate surface area is 138 Å². The molecule has 1 heterocycles. The highest BCUT2D eigenvalue weighted by molar-refractivity contribution is 5.96. The zero-order valence-corrected chi connectivity index (χ0v) is 12.8. The Kier molecular flexibility index (Phi) is 4.74. The number of esters is 1. The molecule has 0 saturated heterocycles. The molecule has 0 spiro atoms. The first kappa shape index (κ1) is 16.0. The van der Waals surface area contributed by atoms with E-state index in [0.717, 1.165) is 0 Å². The van der Waals surface area contributed by atoms with Gasteiger partial charge in [-0.15, -0.1) is 0 Å². The zero-order chi connectivity index (χ0) is 16.9. The molecule has 6 heteroatoms. The number of carbonyl (C=O) groups excluding carboxylic acids is 2. The van der Waals surface area contributed by atoms with E-state index in [-0.39, 0.29) is 31.4 Å². The Morgan fingerprint density at radius 1 is 1.00 bits per heavy atom. The van der Waals surface area contributed by atoms with Crippen LogP contribution in [0.2, 0.25) is 0 Å². The lowest BCUT2D eigenvalue weighted by Crippen LogP contribution is -2.08. The van der Waals surface area contributed by atoms with Crippen LogP contribution in [0.5, 0.6) is 11.5 Å². The smallest absolute Gasteiger partial charge is 0.338 e. The number of ketones is 1. The Bertz CT molecular complexity index is 755. The Morgan fingerprint density at radius 3 is 2.50 bits per heavy atom. The van der Waals surface area contributed by atoms with Crippen molar-refractivity contribution in [2.45, 2.75) is 12.8 Å². The number of carbonyl (C=O) groups is 2. The lowest BCUT2D eigenvalue weighted by atomic mass is 10.1. The van der Waals surface area contributed by atoms with Crippen LogP contribution in [0.3, 0.4) is 0 Å². The quantitative estimate of drug-likeness (QED) is 0.462. The summed E-state index contributed by atoms with van der Waals surface area (Å²) in [6.07, 6.45) is 0.618. The van der Waals surface area contributed by atoms with Crippen molar-refractivity contribution in [1.29, 1.82) is 0 Å². The van der Waals surface area contributed by atoms with Crippen LogP contribution >= 0.6 is 0 Å². The van der Waals surface area contributed by atoms with Gasteiger partial charge in [0.1, 0.15) is 5.82 Å². The predicted octanol–water partition coefficient (Wildman–Crippen LogP) is 3.37. The van der Waals surface area contributed by atoms with E-state index in [1.165, 1.54) is 24.3 Å². The lowest BCUT2D eigenvalue weighted by Gasteiger charge is -2.05. The molecule has 2 aromatic carbocycles. The largest absolute Gasteiger partial charge is 0.462 e. The minimum Gasteiger partial charge on any atom is -0.462 e. The molecule has 0 atom stereocenters. The maximum atomic E-state index is 12.8. The van der Waals surface area contributed by atoms with E-state index in [4.69, 9.17) is 14.2 Å². The van der Waals surface area contributed by atoms with Crippen LogP contribution in [-0.4, -0.2) is 25.2 Å². The molecule has 0 bridgehead atoms. The van der Waals surface area contributed by atoms with Gasteiger partial charge < -0.3 is 14.2 Å². The molecule has 24 heavy (non-hydrogen) atoms. The highest BCUT2D eigenvalue weighted by Gasteiger charge is 2.17. The number of ether oxygens (including phenoxy) is 3. The zero-order valence-electron chi connectivity index (χ0n) is 12.8. The molecule has 2 aromatic rings. The molecule has 5 nitrogen and oxygen atoms in total. The Morgan fingerprint density at radius 2 is 1.71 bits per heavy atom. The fourth-order valence-electron chi connectivity index (χ4n) is 2.28. The third kappa shape index (κ3) is 3.71. The van der Waals surface area contributed by atoms with Crippen molar-refractivity contribution < 1.29 is 28.2 Å². The molecule has 1 aliphatic rings. The third-order valence-electron chi connectivity index (χ3n) is 3.56. The normalized spacial score (nSPS) is 12.0. The second-order valence-electron chi connectivity index (χ2n) is 5.24. The first-order chi connectivity index (χ1) is 11.6. The molecular weight excluding hydrogens is 315 g/mol. The van der Waals surface area contributed by atoms with Crippen LogP contribution in [0, 0.1) is 5.82 Å². The molecule has 0 unspecified atom stereocenters. The van der Waals surface area contributed by atoms with E-state index < -0.39 is 5.97 Å². The average molecular weight is 330 g/mol. The minimum atomic E-state index is -0.484. The molecule has 3 rings (SSSR count). The van der Waals surface area contributed by atoms with Crippen molar-refractivity contribution >= 4 is 11.8 Å². The van der Waals surface area contributed by atoms with Gasteiger partial charge in [-0.2, -0.15) is 0 Å². The van der Waals surface area contributed by atoms with Gasteiger partial charge in [-0.1, -0.05) is 0 Å². The summed E-state index contributed by atoms with van der Waals surface area (Å²) in [5.41, 5.74) is 0.808. The summed E-state index contributed by atoms with van der Waals surface area (Å²) in [6, 6.07) is 10.2. The topological polar surface area (TPSA) is 61.8 Å².